The van der Waals surface area contributed by atoms with Crippen molar-refractivity contribution in [3.8, 4) is 0 Å². The summed E-state index contributed by atoms with van der Waals surface area (Å²) in [7, 11) is 0. The lowest BCUT2D eigenvalue weighted by atomic mass is 10.2. The topological polar surface area (TPSA) is 63.1 Å². The number of carbonyl (C=O) groups is 1. The van der Waals surface area contributed by atoms with Crippen LogP contribution in [-0.4, -0.2) is 44.2 Å². The number of rotatable bonds is 5. The molecule has 1 aliphatic rings. The van der Waals surface area contributed by atoms with Crippen LogP contribution in [0.3, 0.4) is 0 Å². The SMILES string of the molecule is Cc1cnn(C[C@@H]2CCCN2[C@@H](C)C(=O)Nc2ccc(Cl)cn2)c1. The zero-order valence-corrected chi connectivity index (χ0v) is 14.7. The van der Waals surface area contributed by atoms with Crippen molar-refractivity contribution in [1.29, 1.82) is 0 Å². The van der Waals surface area contributed by atoms with Crippen molar-refractivity contribution in [2.75, 3.05) is 11.9 Å². The van der Waals surface area contributed by atoms with Gasteiger partial charge in [0.25, 0.3) is 0 Å². The maximum absolute atomic E-state index is 12.5. The van der Waals surface area contributed by atoms with Crippen molar-refractivity contribution >= 4 is 23.3 Å². The summed E-state index contributed by atoms with van der Waals surface area (Å²) in [6.45, 7) is 5.71. The zero-order chi connectivity index (χ0) is 17.1. The average Bonchev–Trinajstić information content (AvgIpc) is 3.18. The lowest BCUT2D eigenvalue weighted by Crippen LogP contribution is -2.46. The molecule has 1 aliphatic heterocycles. The quantitative estimate of drug-likeness (QED) is 0.903. The Hall–Kier alpha value is -1.92. The first-order valence-electron chi connectivity index (χ1n) is 8.20. The van der Waals surface area contributed by atoms with E-state index < -0.39 is 0 Å². The molecule has 0 unspecified atom stereocenters. The average molecular weight is 348 g/mol. The summed E-state index contributed by atoms with van der Waals surface area (Å²) in [5.41, 5.74) is 1.15. The second-order valence-electron chi connectivity index (χ2n) is 6.30. The molecule has 3 heterocycles. The molecule has 7 heteroatoms. The van der Waals surface area contributed by atoms with Gasteiger partial charge < -0.3 is 5.32 Å². The van der Waals surface area contributed by atoms with Gasteiger partial charge in [-0.05, 0) is 50.9 Å². The minimum atomic E-state index is -0.216. The Morgan fingerprint density at radius 3 is 2.96 bits per heavy atom. The molecule has 2 aromatic heterocycles. The van der Waals surface area contributed by atoms with Crippen molar-refractivity contribution in [2.24, 2.45) is 0 Å². The monoisotopic (exact) mass is 347 g/mol. The number of aryl methyl sites for hydroxylation is 1. The fraction of sp³-hybridized carbons (Fsp3) is 0.471. The molecule has 0 spiro atoms. The molecule has 1 saturated heterocycles. The number of halogens is 1. The molecule has 0 bridgehead atoms. The molecule has 0 aliphatic carbocycles. The van der Waals surface area contributed by atoms with Gasteiger partial charge in [0.2, 0.25) is 5.91 Å². The van der Waals surface area contributed by atoms with Crippen molar-refractivity contribution in [3.05, 3.63) is 41.3 Å². The molecule has 1 fully saturated rings. The zero-order valence-electron chi connectivity index (χ0n) is 13.9. The third-order valence-electron chi connectivity index (χ3n) is 4.44. The summed E-state index contributed by atoms with van der Waals surface area (Å²) >= 11 is 5.82. The number of carbonyl (C=O) groups excluding carboxylic acids is 1. The molecule has 0 radical (unpaired) electrons. The lowest BCUT2D eigenvalue weighted by molar-refractivity contribution is -0.121. The van der Waals surface area contributed by atoms with E-state index in [-0.39, 0.29) is 11.9 Å². The first kappa shape index (κ1) is 16.9. The van der Waals surface area contributed by atoms with Crippen LogP contribution >= 0.6 is 11.6 Å². The standard InChI is InChI=1S/C17H22ClN5O/c1-12-8-20-22(10-12)11-15-4-3-7-23(15)13(2)17(24)21-16-6-5-14(18)9-19-16/h5-6,8-10,13,15H,3-4,7,11H2,1-2H3,(H,19,21,24)/t13-,15-/m0/s1. The van der Waals surface area contributed by atoms with Gasteiger partial charge >= 0.3 is 0 Å². The van der Waals surface area contributed by atoms with Gasteiger partial charge in [-0.3, -0.25) is 14.4 Å². The normalized spacial score (nSPS) is 19.4. The van der Waals surface area contributed by atoms with Gasteiger partial charge in [-0.25, -0.2) is 4.98 Å². The summed E-state index contributed by atoms with van der Waals surface area (Å²) < 4.78 is 1.96. The van der Waals surface area contributed by atoms with E-state index in [0.717, 1.165) is 31.5 Å². The van der Waals surface area contributed by atoms with E-state index in [0.29, 0.717) is 16.9 Å². The van der Waals surface area contributed by atoms with Crippen molar-refractivity contribution in [1.82, 2.24) is 19.7 Å². The van der Waals surface area contributed by atoms with Crippen LogP contribution in [-0.2, 0) is 11.3 Å². The van der Waals surface area contributed by atoms with Crippen LogP contribution in [0.25, 0.3) is 0 Å². The lowest BCUT2D eigenvalue weighted by Gasteiger charge is -2.29. The van der Waals surface area contributed by atoms with Crippen molar-refractivity contribution in [2.45, 2.75) is 45.3 Å². The predicted octanol–water partition coefficient (Wildman–Crippen LogP) is 2.73. The molecule has 2 atom stereocenters. The van der Waals surface area contributed by atoms with Crippen LogP contribution in [0, 0.1) is 6.92 Å². The van der Waals surface area contributed by atoms with E-state index in [4.69, 9.17) is 11.6 Å². The Morgan fingerprint density at radius 1 is 1.46 bits per heavy atom. The van der Waals surface area contributed by atoms with Gasteiger partial charge in [0.1, 0.15) is 5.82 Å². The van der Waals surface area contributed by atoms with E-state index in [9.17, 15) is 4.79 Å². The van der Waals surface area contributed by atoms with E-state index in [2.05, 4.69) is 20.3 Å². The molecule has 1 amide bonds. The van der Waals surface area contributed by atoms with Crippen LogP contribution in [0.1, 0.15) is 25.3 Å². The highest BCUT2D eigenvalue weighted by Crippen LogP contribution is 2.22. The molecule has 0 aromatic carbocycles. The maximum Gasteiger partial charge on any atom is 0.242 e. The molecule has 1 N–H and O–H groups in total. The molecule has 3 rings (SSSR count). The van der Waals surface area contributed by atoms with Crippen LogP contribution in [0.2, 0.25) is 5.02 Å². The number of likely N-dealkylation sites (tertiary alicyclic amines) is 1. The van der Waals surface area contributed by atoms with Gasteiger partial charge in [0, 0.05) is 18.4 Å². The Kier molecular flexibility index (Phi) is 5.16. The summed E-state index contributed by atoms with van der Waals surface area (Å²) in [6, 6.07) is 3.53. The van der Waals surface area contributed by atoms with Crippen LogP contribution in [0.15, 0.2) is 30.7 Å². The highest BCUT2D eigenvalue weighted by Gasteiger charge is 2.32. The van der Waals surface area contributed by atoms with E-state index >= 15 is 0 Å². The first-order chi connectivity index (χ1) is 11.5. The minimum absolute atomic E-state index is 0.0478. The Morgan fingerprint density at radius 2 is 2.29 bits per heavy atom. The smallest absolute Gasteiger partial charge is 0.242 e. The molecule has 2 aromatic rings. The minimum Gasteiger partial charge on any atom is -0.309 e. The van der Waals surface area contributed by atoms with Crippen LogP contribution in [0.4, 0.5) is 5.82 Å². The molecule has 6 nitrogen and oxygen atoms in total. The Balaban J connectivity index is 1.62. The fourth-order valence-corrected chi connectivity index (χ4v) is 3.29. The molecule has 128 valence electrons. The number of pyridine rings is 1. The molecule has 0 saturated carbocycles. The highest BCUT2D eigenvalue weighted by molar-refractivity contribution is 6.30. The largest absolute Gasteiger partial charge is 0.309 e. The number of hydrogen-bond donors (Lipinski definition) is 1. The van der Waals surface area contributed by atoms with Crippen LogP contribution in [0.5, 0.6) is 0 Å². The number of anilines is 1. The van der Waals surface area contributed by atoms with E-state index in [1.807, 2.05) is 30.9 Å². The van der Waals surface area contributed by atoms with Crippen molar-refractivity contribution < 1.29 is 4.79 Å². The molecule has 24 heavy (non-hydrogen) atoms. The number of nitrogens with zero attached hydrogens (tertiary/aromatic N) is 4. The molecular weight excluding hydrogens is 326 g/mol. The summed E-state index contributed by atoms with van der Waals surface area (Å²) in [5, 5.41) is 7.77. The first-order valence-corrected chi connectivity index (χ1v) is 8.58. The van der Waals surface area contributed by atoms with Crippen molar-refractivity contribution in [3.63, 3.8) is 0 Å². The maximum atomic E-state index is 12.5. The summed E-state index contributed by atoms with van der Waals surface area (Å²) in [4.78, 5) is 18.9. The molecular formula is C17H22ClN5O. The second kappa shape index (κ2) is 7.32. The van der Waals surface area contributed by atoms with Gasteiger partial charge in [0.05, 0.1) is 23.8 Å². The number of nitrogens with one attached hydrogen (secondary N) is 1. The number of hydrogen-bond acceptors (Lipinski definition) is 4. The van der Waals surface area contributed by atoms with E-state index in [1.165, 1.54) is 6.20 Å². The number of aromatic nitrogens is 3. The third kappa shape index (κ3) is 3.94. The number of amides is 1. The summed E-state index contributed by atoms with van der Waals surface area (Å²) in [5.74, 6) is 0.475. The van der Waals surface area contributed by atoms with Gasteiger partial charge in [-0.2, -0.15) is 5.10 Å². The third-order valence-corrected chi connectivity index (χ3v) is 4.66. The predicted molar refractivity (Wildman–Crippen MR) is 94.0 cm³/mol. The van der Waals surface area contributed by atoms with E-state index in [1.54, 1.807) is 12.1 Å². The second-order valence-corrected chi connectivity index (χ2v) is 6.74. The van der Waals surface area contributed by atoms with Crippen LogP contribution < -0.4 is 5.32 Å². The fourth-order valence-electron chi connectivity index (χ4n) is 3.18. The van der Waals surface area contributed by atoms with Gasteiger partial charge in [0.15, 0.2) is 0 Å². The highest BCUT2D eigenvalue weighted by atomic mass is 35.5. The Labute approximate surface area is 146 Å². The Bertz CT molecular complexity index is 699. The summed E-state index contributed by atoms with van der Waals surface area (Å²) in [6.07, 6.45) is 7.61. The van der Waals surface area contributed by atoms with Gasteiger partial charge in [-0.15, -0.1) is 0 Å². The van der Waals surface area contributed by atoms with Gasteiger partial charge in [-0.1, -0.05) is 11.6 Å².